The Morgan fingerprint density at radius 3 is 2.79 bits per heavy atom. The van der Waals surface area contributed by atoms with Crippen molar-refractivity contribution < 1.29 is 14.3 Å². The molecule has 1 aliphatic rings. The fourth-order valence-electron chi connectivity index (χ4n) is 2.25. The molecule has 1 heterocycles. The number of carbonyl (C=O) groups is 1. The van der Waals surface area contributed by atoms with Gasteiger partial charge in [0.2, 0.25) is 0 Å². The molecule has 2 rings (SSSR count). The number of hydrogen-bond acceptors (Lipinski definition) is 3. The Hall–Kier alpha value is -0.970. The molecule has 0 amide bonds. The summed E-state index contributed by atoms with van der Waals surface area (Å²) < 4.78 is 13.3. The molecule has 0 radical (unpaired) electrons. The zero-order chi connectivity index (χ0) is 13.8. The highest BCUT2D eigenvalue weighted by Gasteiger charge is 2.32. The smallest absolute Gasteiger partial charge is 0.168 e. The maximum Gasteiger partial charge on any atom is 0.168 e. The summed E-state index contributed by atoms with van der Waals surface area (Å²) >= 11 is 5.59. The van der Waals surface area contributed by atoms with E-state index in [2.05, 4.69) is 4.90 Å². The first-order valence-corrected chi connectivity index (χ1v) is 6.82. The van der Waals surface area contributed by atoms with Crippen LogP contribution in [0, 0.1) is 11.7 Å². The number of aliphatic hydroxyl groups is 1. The van der Waals surface area contributed by atoms with Crippen LogP contribution in [0.5, 0.6) is 0 Å². The summed E-state index contributed by atoms with van der Waals surface area (Å²) in [7, 11) is 0. The SMILES string of the molecule is O=C(c1ccc(Cl)c(F)c1)C1CN(CCCCO)C1. The summed E-state index contributed by atoms with van der Waals surface area (Å²) in [6.45, 7) is 2.54. The fraction of sp³-hybridized carbons (Fsp3) is 0.500. The molecule has 0 saturated carbocycles. The van der Waals surface area contributed by atoms with Crippen LogP contribution in [0.2, 0.25) is 5.02 Å². The highest BCUT2D eigenvalue weighted by atomic mass is 35.5. The van der Waals surface area contributed by atoms with E-state index < -0.39 is 5.82 Å². The number of hydrogen-bond donors (Lipinski definition) is 1. The first-order valence-electron chi connectivity index (χ1n) is 6.44. The van der Waals surface area contributed by atoms with Crippen molar-refractivity contribution in [1.82, 2.24) is 4.90 Å². The van der Waals surface area contributed by atoms with E-state index in [9.17, 15) is 9.18 Å². The van der Waals surface area contributed by atoms with Gasteiger partial charge in [-0.3, -0.25) is 4.79 Å². The zero-order valence-electron chi connectivity index (χ0n) is 10.6. The molecule has 0 spiro atoms. The van der Waals surface area contributed by atoms with E-state index in [1.807, 2.05) is 0 Å². The Balaban J connectivity index is 1.84. The van der Waals surface area contributed by atoms with Crippen molar-refractivity contribution in [2.45, 2.75) is 12.8 Å². The quantitative estimate of drug-likeness (QED) is 0.644. The van der Waals surface area contributed by atoms with Crippen LogP contribution >= 0.6 is 11.6 Å². The Morgan fingerprint density at radius 1 is 1.42 bits per heavy atom. The predicted molar refractivity (Wildman–Crippen MR) is 72.0 cm³/mol. The topological polar surface area (TPSA) is 40.5 Å². The van der Waals surface area contributed by atoms with Crippen molar-refractivity contribution in [2.75, 3.05) is 26.2 Å². The van der Waals surface area contributed by atoms with Gasteiger partial charge in [0.25, 0.3) is 0 Å². The normalized spacial score (nSPS) is 16.4. The van der Waals surface area contributed by atoms with Crippen molar-refractivity contribution >= 4 is 17.4 Å². The molecule has 5 heteroatoms. The standard InChI is InChI=1S/C14H17ClFNO2/c15-12-4-3-10(7-13(12)16)14(19)11-8-17(9-11)5-1-2-6-18/h3-4,7,11,18H,1-2,5-6,8-9H2. The van der Waals surface area contributed by atoms with Gasteiger partial charge in [-0.2, -0.15) is 0 Å². The summed E-state index contributed by atoms with van der Waals surface area (Å²) in [5.74, 6) is -0.615. The van der Waals surface area contributed by atoms with Crippen molar-refractivity contribution in [3.05, 3.63) is 34.6 Å². The van der Waals surface area contributed by atoms with Crippen molar-refractivity contribution in [3.8, 4) is 0 Å². The number of rotatable bonds is 6. The van der Waals surface area contributed by atoms with Gasteiger partial charge in [-0.15, -0.1) is 0 Å². The highest BCUT2D eigenvalue weighted by Crippen LogP contribution is 2.23. The van der Waals surface area contributed by atoms with Crippen LogP contribution in [0.4, 0.5) is 4.39 Å². The van der Waals surface area contributed by atoms with Gasteiger partial charge in [0.1, 0.15) is 5.82 Å². The molecule has 19 heavy (non-hydrogen) atoms. The van der Waals surface area contributed by atoms with E-state index in [0.29, 0.717) is 18.7 Å². The lowest BCUT2D eigenvalue weighted by Gasteiger charge is -2.38. The summed E-state index contributed by atoms with van der Waals surface area (Å²) in [6, 6.07) is 4.20. The van der Waals surface area contributed by atoms with Gasteiger partial charge in [-0.05, 0) is 37.6 Å². The molecule has 1 N–H and O–H groups in total. The molecular formula is C14H17ClFNO2. The first-order chi connectivity index (χ1) is 9.11. The number of halogens is 2. The molecule has 0 unspecified atom stereocenters. The van der Waals surface area contributed by atoms with E-state index in [1.165, 1.54) is 12.1 Å². The lowest BCUT2D eigenvalue weighted by Crippen LogP contribution is -2.50. The molecule has 1 saturated heterocycles. The highest BCUT2D eigenvalue weighted by molar-refractivity contribution is 6.30. The number of nitrogens with zero attached hydrogens (tertiary/aromatic N) is 1. The van der Waals surface area contributed by atoms with Gasteiger partial charge < -0.3 is 10.0 Å². The summed E-state index contributed by atoms with van der Waals surface area (Å²) in [5, 5.41) is 8.73. The van der Waals surface area contributed by atoms with Crippen LogP contribution in [0.25, 0.3) is 0 Å². The Labute approximate surface area is 117 Å². The molecule has 0 bridgehead atoms. The summed E-state index contributed by atoms with van der Waals surface area (Å²) in [5.41, 5.74) is 0.391. The second-order valence-electron chi connectivity index (χ2n) is 4.88. The molecule has 0 aromatic heterocycles. The Morgan fingerprint density at radius 2 is 2.16 bits per heavy atom. The molecule has 104 valence electrons. The number of carbonyl (C=O) groups excluding carboxylic acids is 1. The first kappa shape index (κ1) is 14.4. The van der Waals surface area contributed by atoms with Crippen LogP contribution < -0.4 is 0 Å². The molecule has 1 aliphatic heterocycles. The van der Waals surface area contributed by atoms with E-state index in [0.717, 1.165) is 19.4 Å². The van der Waals surface area contributed by atoms with Gasteiger partial charge in [0.05, 0.1) is 5.02 Å². The van der Waals surface area contributed by atoms with E-state index in [-0.39, 0.29) is 23.3 Å². The number of likely N-dealkylation sites (tertiary alicyclic amines) is 1. The zero-order valence-corrected chi connectivity index (χ0v) is 11.4. The van der Waals surface area contributed by atoms with Crippen LogP contribution in [0.15, 0.2) is 18.2 Å². The van der Waals surface area contributed by atoms with Gasteiger partial charge in [-0.1, -0.05) is 11.6 Å². The minimum atomic E-state index is -0.549. The Bertz CT molecular complexity index is 461. The second kappa shape index (κ2) is 6.46. The molecule has 0 atom stereocenters. The maximum atomic E-state index is 13.3. The van der Waals surface area contributed by atoms with Crippen LogP contribution in [0.3, 0.4) is 0 Å². The average Bonchev–Trinajstić information content (AvgIpc) is 2.35. The monoisotopic (exact) mass is 285 g/mol. The van der Waals surface area contributed by atoms with E-state index in [1.54, 1.807) is 6.07 Å². The van der Waals surface area contributed by atoms with Crippen LogP contribution in [-0.4, -0.2) is 42.0 Å². The van der Waals surface area contributed by atoms with Crippen molar-refractivity contribution in [3.63, 3.8) is 0 Å². The third kappa shape index (κ3) is 3.53. The van der Waals surface area contributed by atoms with Crippen LogP contribution in [-0.2, 0) is 0 Å². The minimum absolute atomic E-state index is 0.0195. The summed E-state index contributed by atoms with van der Waals surface area (Å²) in [6.07, 6.45) is 1.73. The van der Waals surface area contributed by atoms with Crippen molar-refractivity contribution in [2.24, 2.45) is 5.92 Å². The third-order valence-electron chi connectivity index (χ3n) is 3.41. The molecular weight excluding hydrogens is 269 g/mol. The van der Waals surface area contributed by atoms with Gasteiger partial charge >= 0.3 is 0 Å². The Kier molecular flexibility index (Phi) is 4.91. The number of unbranched alkanes of at least 4 members (excludes halogenated alkanes) is 1. The number of Topliss-reactive ketones (excluding diaryl/α,β-unsaturated/α-hetero) is 1. The van der Waals surface area contributed by atoms with Crippen LogP contribution in [0.1, 0.15) is 23.2 Å². The third-order valence-corrected chi connectivity index (χ3v) is 3.72. The predicted octanol–water partition coefficient (Wildman–Crippen LogP) is 2.37. The molecule has 3 nitrogen and oxygen atoms in total. The largest absolute Gasteiger partial charge is 0.396 e. The lowest BCUT2D eigenvalue weighted by atomic mass is 9.90. The lowest BCUT2D eigenvalue weighted by molar-refractivity contribution is 0.0612. The molecule has 0 aliphatic carbocycles. The van der Waals surface area contributed by atoms with Gasteiger partial charge in [-0.25, -0.2) is 4.39 Å². The summed E-state index contributed by atoms with van der Waals surface area (Å²) in [4.78, 5) is 14.3. The van der Waals surface area contributed by atoms with E-state index in [4.69, 9.17) is 16.7 Å². The van der Waals surface area contributed by atoms with Gasteiger partial charge in [0.15, 0.2) is 5.78 Å². The fourth-order valence-corrected chi connectivity index (χ4v) is 2.37. The second-order valence-corrected chi connectivity index (χ2v) is 5.29. The molecule has 1 fully saturated rings. The average molecular weight is 286 g/mol. The van der Waals surface area contributed by atoms with E-state index >= 15 is 0 Å². The minimum Gasteiger partial charge on any atom is -0.396 e. The maximum absolute atomic E-state index is 13.3. The number of benzene rings is 1. The van der Waals surface area contributed by atoms with Gasteiger partial charge in [0, 0.05) is 31.2 Å². The molecule has 1 aromatic carbocycles. The number of aliphatic hydroxyl groups excluding tert-OH is 1. The van der Waals surface area contributed by atoms with Crippen molar-refractivity contribution in [1.29, 1.82) is 0 Å². The number of ketones is 1. The molecule has 1 aromatic rings.